The molecule has 1 N–H and O–H groups in total. The van der Waals surface area contributed by atoms with Crippen LogP contribution >= 0.6 is 0 Å². The van der Waals surface area contributed by atoms with Crippen molar-refractivity contribution in [1.29, 1.82) is 0 Å². The Bertz CT molecular complexity index is 956. The van der Waals surface area contributed by atoms with Crippen LogP contribution in [0.1, 0.15) is 28.1 Å². The minimum absolute atomic E-state index is 0.0401. The van der Waals surface area contributed by atoms with Crippen LogP contribution in [0.15, 0.2) is 65.2 Å². The van der Waals surface area contributed by atoms with Gasteiger partial charge in [-0.3, -0.25) is 9.69 Å². The predicted octanol–water partition coefficient (Wildman–Crippen LogP) is 3.31. The third kappa shape index (κ3) is 4.10. The van der Waals surface area contributed by atoms with E-state index in [-0.39, 0.29) is 5.91 Å². The van der Waals surface area contributed by atoms with Gasteiger partial charge in [0.05, 0.1) is 12.2 Å². The second kappa shape index (κ2) is 8.21. The zero-order valence-electron chi connectivity index (χ0n) is 17.0. The van der Waals surface area contributed by atoms with Crippen molar-refractivity contribution in [3.8, 4) is 0 Å². The van der Waals surface area contributed by atoms with Gasteiger partial charge >= 0.3 is 0 Å². The van der Waals surface area contributed by atoms with Crippen molar-refractivity contribution < 1.29 is 9.32 Å². The normalized spacial score (nSPS) is 14.7. The third-order valence-electron chi connectivity index (χ3n) is 5.92. The van der Waals surface area contributed by atoms with Crippen LogP contribution in [0.5, 0.6) is 0 Å². The highest BCUT2D eigenvalue weighted by atomic mass is 16.5. The summed E-state index contributed by atoms with van der Waals surface area (Å²) in [4.78, 5) is 15.7. The summed E-state index contributed by atoms with van der Waals surface area (Å²) in [5, 5.41) is 7.00. The summed E-state index contributed by atoms with van der Waals surface area (Å²) in [6.45, 7) is 3.04. The summed E-state index contributed by atoms with van der Waals surface area (Å²) in [7, 11) is 2.06. The lowest BCUT2D eigenvalue weighted by Gasteiger charge is -2.37. The summed E-state index contributed by atoms with van der Waals surface area (Å²) >= 11 is 0. The van der Waals surface area contributed by atoms with Crippen LogP contribution in [0, 0.1) is 6.92 Å². The van der Waals surface area contributed by atoms with Crippen molar-refractivity contribution in [2.24, 2.45) is 0 Å². The molecule has 5 nitrogen and oxygen atoms in total. The Hall–Kier alpha value is -2.92. The first-order valence-corrected chi connectivity index (χ1v) is 10.1. The average Bonchev–Trinajstić information content (AvgIpc) is 3.35. The summed E-state index contributed by atoms with van der Waals surface area (Å²) < 4.78 is 5.26. The monoisotopic (exact) mass is 389 g/mol. The van der Waals surface area contributed by atoms with Crippen LogP contribution in [0.3, 0.4) is 0 Å². The molecule has 4 rings (SSSR count). The summed E-state index contributed by atoms with van der Waals surface area (Å²) in [5.41, 5.74) is 4.02. The van der Waals surface area contributed by atoms with E-state index in [0.717, 1.165) is 31.5 Å². The highest BCUT2D eigenvalue weighted by Crippen LogP contribution is 2.34. The Morgan fingerprint density at radius 1 is 1.10 bits per heavy atom. The lowest BCUT2D eigenvalue weighted by molar-refractivity contribution is -0.132. The van der Waals surface area contributed by atoms with Crippen molar-refractivity contribution in [2.45, 2.75) is 38.3 Å². The molecule has 150 valence electrons. The van der Waals surface area contributed by atoms with Crippen molar-refractivity contribution in [1.82, 2.24) is 15.4 Å². The molecule has 0 atom stereocenters. The first-order chi connectivity index (χ1) is 14.1. The number of amides is 1. The number of hydrogen-bond acceptors (Lipinski definition) is 4. The summed E-state index contributed by atoms with van der Waals surface area (Å²) in [5.74, 6) is 0.715. The predicted molar refractivity (Wildman–Crippen MR) is 112 cm³/mol. The third-order valence-corrected chi connectivity index (χ3v) is 5.92. The zero-order chi connectivity index (χ0) is 20.3. The van der Waals surface area contributed by atoms with Crippen molar-refractivity contribution in [3.63, 3.8) is 0 Å². The number of benzene rings is 2. The standard InChI is InChI=1S/C24H27N3O2/c1-18-14-22(29-26-18)17-25-23(28)24(15-20-10-6-7-11-21(20)16-24)27(2)13-12-19-8-4-3-5-9-19/h3-11,14H,12-13,15-17H2,1-2H3,(H,25,28). The molecule has 0 saturated carbocycles. The average molecular weight is 389 g/mol. The van der Waals surface area contributed by atoms with Crippen LogP contribution in [-0.4, -0.2) is 35.1 Å². The van der Waals surface area contributed by atoms with E-state index >= 15 is 0 Å². The lowest BCUT2D eigenvalue weighted by Crippen LogP contribution is -2.58. The maximum Gasteiger partial charge on any atom is 0.241 e. The second-order valence-electron chi connectivity index (χ2n) is 7.93. The number of fused-ring (bicyclic) bond motifs is 1. The molecule has 1 aliphatic carbocycles. The molecule has 0 saturated heterocycles. The molecule has 0 unspecified atom stereocenters. The molecule has 1 amide bonds. The van der Waals surface area contributed by atoms with E-state index in [4.69, 9.17) is 4.52 Å². The lowest BCUT2D eigenvalue weighted by atomic mass is 9.91. The number of carbonyl (C=O) groups excluding carboxylic acids is 1. The van der Waals surface area contributed by atoms with Crippen molar-refractivity contribution >= 4 is 5.91 Å². The number of nitrogens with one attached hydrogen (secondary N) is 1. The Balaban J connectivity index is 1.52. The molecule has 29 heavy (non-hydrogen) atoms. The van der Waals surface area contributed by atoms with E-state index in [1.165, 1.54) is 16.7 Å². The molecule has 2 aromatic carbocycles. The molecule has 1 aromatic heterocycles. The quantitative estimate of drug-likeness (QED) is 0.674. The summed E-state index contributed by atoms with van der Waals surface area (Å²) in [6, 6.07) is 20.6. The number of likely N-dealkylation sites (N-methyl/N-ethyl adjacent to an activating group) is 1. The van der Waals surface area contributed by atoms with Gasteiger partial charge in [0.2, 0.25) is 5.91 Å². The Morgan fingerprint density at radius 2 is 1.76 bits per heavy atom. The maximum absolute atomic E-state index is 13.5. The van der Waals surface area contributed by atoms with Crippen LogP contribution in [0.4, 0.5) is 0 Å². The highest BCUT2D eigenvalue weighted by Gasteiger charge is 2.46. The topological polar surface area (TPSA) is 58.4 Å². The fraction of sp³-hybridized carbons (Fsp3) is 0.333. The van der Waals surface area contributed by atoms with E-state index in [2.05, 4.69) is 58.8 Å². The van der Waals surface area contributed by atoms with Gasteiger partial charge in [0.15, 0.2) is 5.76 Å². The molecular formula is C24H27N3O2. The smallest absolute Gasteiger partial charge is 0.241 e. The first-order valence-electron chi connectivity index (χ1n) is 10.1. The van der Waals surface area contributed by atoms with E-state index in [0.29, 0.717) is 12.3 Å². The molecule has 1 heterocycles. The molecule has 0 radical (unpaired) electrons. The second-order valence-corrected chi connectivity index (χ2v) is 7.93. The maximum atomic E-state index is 13.5. The van der Waals surface area contributed by atoms with E-state index in [1.54, 1.807) is 0 Å². The minimum atomic E-state index is -0.590. The van der Waals surface area contributed by atoms with Gasteiger partial charge in [0.1, 0.15) is 5.54 Å². The largest absolute Gasteiger partial charge is 0.359 e. The van der Waals surface area contributed by atoms with E-state index in [1.807, 2.05) is 31.2 Å². The molecule has 0 fully saturated rings. The number of hydrogen-bond donors (Lipinski definition) is 1. The Labute approximate surface area is 171 Å². The Morgan fingerprint density at radius 3 is 2.38 bits per heavy atom. The molecule has 5 heteroatoms. The van der Waals surface area contributed by atoms with Crippen molar-refractivity contribution in [2.75, 3.05) is 13.6 Å². The molecular weight excluding hydrogens is 362 g/mol. The number of aryl methyl sites for hydroxylation is 1. The van der Waals surface area contributed by atoms with Gasteiger partial charge in [-0.1, -0.05) is 59.8 Å². The molecule has 1 aliphatic rings. The molecule has 0 aliphatic heterocycles. The van der Waals surface area contributed by atoms with Gasteiger partial charge in [0.25, 0.3) is 0 Å². The fourth-order valence-electron chi connectivity index (χ4n) is 4.19. The number of aromatic nitrogens is 1. The highest BCUT2D eigenvalue weighted by molar-refractivity contribution is 5.88. The fourth-order valence-corrected chi connectivity index (χ4v) is 4.19. The number of carbonyl (C=O) groups is 1. The molecule has 0 spiro atoms. The van der Waals surface area contributed by atoms with Crippen LogP contribution < -0.4 is 5.32 Å². The van der Waals surface area contributed by atoms with Gasteiger partial charge in [-0.2, -0.15) is 0 Å². The molecule has 0 bridgehead atoms. The van der Waals surface area contributed by atoms with Gasteiger partial charge in [-0.25, -0.2) is 0 Å². The van der Waals surface area contributed by atoms with E-state index < -0.39 is 5.54 Å². The Kier molecular flexibility index (Phi) is 5.49. The van der Waals surface area contributed by atoms with E-state index in [9.17, 15) is 4.79 Å². The van der Waals surface area contributed by atoms with Gasteiger partial charge in [-0.15, -0.1) is 0 Å². The summed E-state index contributed by atoms with van der Waals surface area (Å²) in [6.07, 6.45) is 2.34. The minimum Gasteiger partial charge on any atom is -0.359 e. The zero-order valence-corrected chi connectivity index (χ0v) is 17.0. The SMILES string of the molecule is Cc1cc(CNC(=O)C2(N(C)CCc3ccccc3)Cc3ccccc3C2)on1. The number of nitrogens with zero attached hydrogens (tertiary/aromatic N) is 2. The number of rotatable bonds is 7. The van der Waals surface area contributed by atoms with Gasteiger partial charge in [0, 0.05) is 25.5 Å². The first kappa shape index (κ1) is 19.4. The van der Waals surface area contributed by atoms with Gasteiger partial charge < -0.3 is 9.84 Å². The van der Waals surface area contributed by atoms with Crippen LogP contribution in [0.25, 0.3) is 0 Å². The van der Waals surface area contributed by atoms with Crippen LogP contribution in [-0.2, 0) is 30.6 Å². The van der Waals surface area contributed by atoms with Crippen molar-refractivity contribution in [3.05, 3.63) is 88.8 Å². The van der Waals surface area contributed by atoms with Crippen LogP contribution in [0.2, 0.25) is 0 Å². The van der Waals surface area contributed by atoms with Gasteiger partial charge in [-0.05, 0) is 37.1 Å². The molecule has 3 aromatic rings.